The van der Waals surface area contributed by atoms with Crippen molar-refractivity contribution in [2.24, 2.45) is 0 Å². The third kappa shape index (κ3) is 5.33. The molecular formula is C17H22BrO2P. The molecule has 0 aliphatic rings. The van der Waals surface area contributed by atoms with E-state index in [2.05, 4.69) is 20.8 Å². The van der Waals surface area contributed by atoms with Crippen molar-refractivity contribution in [3.05, 3.63) is 60.7 Å². The maximum Gasteiger partial charge on any atom is 0.296 e. The lowest BCUT2D eigenvalue weighted by Gasteiger charge is -2.31. The van der Waals surface area contributed by atoms with Gasteiger partial charge in [-0.15, -0.1) is 17.0 Å². The van der Waals surface area contributed by atoms with Crippen LogP contribution in [0.15, 0.2) is 60.7 Å². The molecule has 0 fully saturated rings. The number of hydrogen-bond donors (Lipinski definition) is 0. The predicted molar refractivity (Wildman–Crippen MR) is 95.8 cm³/mol. The first-order valence-electron chi connectivity index (χ1n) is 6.88. The second-order valence-electron chi connectivity index (χ2n) is 5.23. The van der Waals surface area contributed by atoms with E-state index in [1.807, 2.05) is 60.7 Å². The molecule has 0 unspecified atom stereocenters. The van der Waals surface area contributed by atoms with Crippen LogP contribution in [0.2, 0.25) is 0 Å². The Morgan fingerprint density at radius 3 is 1.52 bits per heavy atom. The minimum absolute atomic E-state index is 0. The van der Waals surface area contributed by atoms with Gasteiger partial charge in [-0.05, 0) is 44.5 Å². The maximum absolute atomic E-state index is 6.12. The fraction of sp³-hybridized carbons (Fsp3) is 0.294. The van der Waals surface area contributed by atoms with Gasteiger partial charge in [0.1, 0.15) is 11.5 Å². The lowest BCUT2D eigenvalue weighted by atomic mass is 10.1. The quantitative estimate of drug-likeness (QED) is 0.563. The highest BCUT2D eigenvalue weighted by Gasteiger charge is 2.34. The molecule has 0 aromatic heterocycles. The van der Waals surface area contributed by atoms with Crippen molar-refractivity contribution in [1.82, 2.24) is 0 Å². The van der Waals surface area contributed by atoms with Crippen molar-refractivity contribution in [3.63, 3.8) is 0 Å². The van der Waals surface area contributed by atoms with E-state index in [1.165, 1.54) is 0 Å². The number of para-hydroxylation sites is 2. The van der Waals surface area contributed by atoms with Gasteiger partial charge in [0.15, 0.2) is 0 Å². The van der Waals surface area contributed by atoms with E-state index in [4.69, 9.17) is 9.05 Å². The van der Waals surface area contributed by atoms with E-state index in [0.717, 1.165) is 17.9 Å². The summed E-state index contributed by atoms with van der Waals surface area (Å²) < 4.78 is 12.2. The first-order valence-corrected chi connectivity index (χ1v) is 8.06. The van der Waals surface area contributed by atoms with Crippen LogP contribution in [0, 0.1) is 0 Å². The number of rotatable bonds is 6. The standard InChI is InChI=1S/C17H21O2P.BrH/c1-4-17(2,3)20(18-15-11-7-5-8-12-15)19-16-13-9-6-10-14-16;/h5-14H,4H2,1-3H3;1H. The summed E-state index contributed by atoms with van der Waals surface area (Å²) in [6.45, 7) is 6.53. The van der Waals surface area contributed by atoms with Gasteiger partial charge in [0, 0.05) is 0 Å². The summed E-state index contributed by atoms with van der Waals surface area (Å²) >= 11 is 0. The molecule has 2 nitrogen and oxygen atoms in total. The summed E-state index contributed by atoms with van der Waals surface area (Å²) in [5.74, 6) is 1.71. The molecule has 0 atom stereocenters. The van der Waals surface area contributed by atoms with Crippen LogP contribution in [0.25, 0.3) is 0 Å². The van der Waals surface area contributed by atoms with Gasteiger partial charge in [-0.1, -0.05) is 43.3 Å². The van der Waals surface area contributed by atoms with Crippen molar-refractivity contribution in [2.75, 3.05) is 0 Å². The Balaban J connectivity index is 0.00000220. The van der Waals surface area contributed by atoms with Crippen molar-refractivity contribution < 1.29 is 9.05 Å². The molecular weight excluding hydrogens is 347 g/mol. The maximum atomic E-state index is 6.12. The summed E-state index contributed by atoms with van der Waals surface area (Å²) in [4.78, 5) is 0. The Kier molecular flexibility index (Phi) is 7.21. The van der Waals surface area contributed by atoms with Crippen LogP contribution in [-0.4, -0.2) is 5.16 Å². The molecule has 4 heteroatoms. The first kappa shape index (κ1) is 18.0. The van der Waals surface area contributed by atoms with Gasteiger partial charge in [0.2, 0.25) is 0 Å². The van der Waals surface area contributed by atoms with Crippen molar-refractivity contribution in [3.8, 4) is 11.5 Å². The van der Waals surface area contributed by atoms with E-state index in [9.17, 15) is 0 Å². The van der Waals surface area contributed by atoms with Gasteiger partial charge in [-0.2, -0.15) is 0 Å². The largest absolute Gasteiger partial charge is 0.438 e. The highest BCUT2D eigenvalue weighted by atomic mass is 79.9. The Hall–Kier alpha value is -1.05. The second-order valence-corrected chi connectivity index (χ2v) is 7.32. The van der Waals surface area contributed by atoms with Crippen molar-refractivity contribution in [2.45, 2.75) is 32.3 Å². The Morgan fingerprint density at radius 2 is 1.19 bits per heavy atom. The Morgan fingerprint density at radius 1 is 0.810 bits per heavy atom. The minimum Gasteiger partial charge on any atom is -0.438 e. The third-order valence-corrected chi connectivity index (χ3v) is 5.28. The zero-order valence-corrected chi connectivity index (χ0v) is 15.3. The van der Waals surface area contributed by atoms with Gasteiger partial charge >= 0.3 is 0 Å². The molecule has 2 rings (SSSR count). The van der Waals surface area contributed by atoms with Crippen LogP contribution in [0.3, 0.4) is 0 Å². The molecule has 0 aliphatic carbocycles. The minimum atomic E-state index is -1.06. The summed E-state index contributed by atoms with van der Waals surface area (Å²) in [7, 11) is -1.06. The molecule has 0 saturated heterocycles. The normalized spacial score (nSPS) is 10.9. The van der Waals surface area contributed by atoms with Gasteiger partial charge in [0.05, 0.1) is 5.16 Å². The summed E-state index contributed by atoms with van der Waals surface area (Å²) in [5.41, 5.74) is 0. The van der Waals surface area contributed by atoms with Crippen LogP contribution in [0.4, 0.5) is 0 Å². The molecule has 114 valence electrons. The van der Waals surface area contributed by atoms with Gasteiger partial charge in [-0.25, -0.2) is 0 Å². The molecule has 0 amide bonds. The predicted octanol–water partition coefficient (Wildman–Crippen LogP) is 6.22. The van der Waals surface area contributed by atoms with Crippen LogP contribution < -0.4 is 9.05 Å². The summed E-state index contributed by atoms with van der Waals surface area (Å²) in [6.07, 6.45) is 0.998. The highest BCUT2D eigenvalue weighted by Crippen LogP contribution is 2.52. The number of benzene rings is 2. The highest BCUT2D eigenvalue weighted by molar-refractivity contribution is 8.93. The second kappa shape index (κ2) is 8.41. The Bertz CT molecular complexity index is 475. The van der Waals surface area contributed by atoms with E-state index in [-0.39, 0.29) is 22.1 Å². The molecule has 0 bridgehead atoms. The molecule has 0 N–H and O–H groups in total. The molecule has 0 aliphatic heterocycles. The van der Waals surface area contributed by atoms with E-state index >= 15 is 0 Å². The molecule has 0 radical (unpaired) electrons. The SMILES string of the molecule is Br.CCC(C)(C)P(Oc1ccccc1)Oc1ccccc1. The van der Waals surface area contributed by atoms with Gasteiger partial charge < -0.3 is 9.05 Å². The van der Waals surface area contributed by atoms with Crippen LogP contribution in [-0.2, 0) is 0 Å². The fourth-order valence-electron chi connectivity index (χ4n) is 1.55. The average molecular weight is 369 g/mol. The zero-order chi connectivity index (χ0) is 14.4. The summed E-state index contributed by atoms with van der Waals surface area (Å²) in [6, 6.07) is 19.7. The molecule has 21 heavy (non-hydrogen) atoms. The zero-order valence-electron chi connectivity index (χ0n) is 12.7. The average Bonchev–Trinajstić information content (AvgIpc) is 2.49. The Labute approximate surface area is 139 Å². The van der Waals surface area contributed by atoms with E-state index in [0.29, 0.717) is 0 Å². The van der Waals surface area contributed by atoms with Crippen LogP contribution in [0.1, 0.15) is 27.2 Å². The van der Waals surface area contributed by atoms with Gasteiger partial charge in [-0.3, -0.25) is 0 Å². The fourth-order valence-corrected chi connectivity index (χ4v) is 2.97. The monoisotopic (exact) mass is 368 g/mol. The smallest absolute Gasteiger partial charge is 0.296 e. The van der Waals surface area contributed by atoms with E-state index in [1.54, 1.807) is 0 Å². The number of halogens is 1. The first-order chi connectivity index (χ1) is 9.62. The topological polar surface area (TPSA) is 18.5 Å². The van der Waals surface area contributed by atoms with Gasteiger partial charge in [0.25, 0.3) is 8.38 Å². The lowest BCUT2D eigenvalue weighted by molar-refractivity contribution is 0.441. The van der Waals surface area contributed by atoms with Crippen molar-refractivity contribution in [1.29, 1.82) is 0 Å². The van der Waals surface area contributed by atoms with E-state index < -0.39 is 8.38 Å². The molecule has 2 aromatic carbocycles. The lowest BCUT2D eigenvalue weighted by Crippen LogP contribution is -2.21. The summed E-state index contributed by atoms with van der Waals surface area (Å²) in [5, 5.41) is -0.0129. The van der Waals surface area contributed by atoms with Crippen LogP contribution >= 0.6 is 25.4 Å². The van der Waals surface area contributed by atoms with Crippen LogP contribution in [0.5, 0.6) is 11.5 Å². The molecule has 0 saturated carbocycles. The number of hydrogen-bond acceptors (Lipinski definition) is 2. The molecule has 2 aromatic rings. The molecule has 0 spiro atoms. The van der Waals surface area contributed by atoms with Crippen molar-refractivity contribution >= 4 is 25.4 Å². The molecule has 0 heterocycles. The third-order valence-electron chi connectivity index (χ3n) is 3.22.